The molecule has 0 aliphatic carbocycles. The number of aromatic nitrogens is 1. The van der Waals surface area contributed by atoms with Crippen LogP contribution >= 0.6 is 0 Å². The van der Waals surface area contributed by atoms with Crippen LogP contribution in [-0.4, -0.2) is 11.5 Å². The van der Waals surface area contributed by atoms with Gasteiger partial charge in [-0.1, -0.05) is 13.8 Å². The van der Waals surface area contributed by atoms with Crippen LogP contribution < -0.4 is 5.32 Å². The van der Waals surface area contributed by atoms with E-state index in [1.165, 1.54) is 5.56 Å². The zero-order valence-corrected chi connectivity index (χ0v) is 11.0. The molecule has 0 radical (unpaired) electrons. The topological polar surface area (TPSA) is 38.1 Å². The first-order valence-corrected chi connectivity index (χ1v) is 6.49. The van der Waals surface area contributed by atoms with Gasteiger partial charge < -0.3 is 9.73 Å². The van der Waals surface area contributed by atoms with Gasteiger partial charge in [-0.05, 0) is 42.8 Å². The molecule has 2 aromatic heterocycles. The summed E-state index contributed by atoms with van der Waals surface area (Å²) in [6.45, 7) is 5.37. The van der Waals surface area contributed by atoms with E-state index in [0.29, 0.717) is 5.92 Å². The lowest BCUT2D eigenvalue weighted by Crippen LogP contribution is -2.26. The molecule has 0 spiro atoms. The van der Waals surface area contributed by atoms with E-state index in [2.05, 4.69) is 36.3 Å². The number of pyridine rings is 1. The highest BCUT2D eigenvalue weighted by molar-refractivity contribution is 5.21. The Balaban J connectivity index is 2.18. The lowest BCUT2D eigenvalue weighted by molar-refractivity contribution is 0.376. The standard InChI is InChI=1S/C15H20N2O/c1-3-8-17-15(14-5-4-11-18-14)12(2)13-6-9-16-10-7-13/h4-7,9-12,15,17H,3,8H2,1-2H3. The van der Waals surface area contributed by atoms with Crippen molar-refractivity contribution in [3.63, 3.8) is 0 Å². The fourth-order valence-electron chi connectivity index (χ4n) is 2.15. The van der Waals surface area contributed by atoms with Crippen LogP contribution in [0.1, 0.15) is 43.6 Å². The normalized spacial score (nSPS) is 14.3. The molecule has 0 amide bonds. The molecule has 3 heteroatoms. The smallest absolute Gasteiger partial charge is 0.121 e. The summed E-state index contributed by atoms with van der Waals surface area (Å²) in [5.41, 5.74) is 1.27. The second kappa shape index (κ2) is 6.36. The van der Waals surface area contributed by atoms with Gasteiger partial charge in [0, 0.05) is 18.3 Å². The molecule has 0 aromatic carbocycles. The van der Waals surface area contributed by atoms with Gasteiger partial charge in [0.2, 0.25) is 0 Å². The SMILES string of the molecule is CCCNC(c1ccco1)C(C)c1ccncc1. The van der Waals surface area contributed by atoms with Crippen molar-refractivity contribution in [3.05, 3.63) is 54.2 Å². The fourth-order valence-corrected chi connectivity index (χ4v) is 2.15. The van der Waals surface area contributed by atoms with E-state index in [1.54, 1.807) is 6.26 Å². The van der Waals surface area contributed by atoms with Crippen LogP contribution in [0.15, 0.2) is 47.3 Å². The average molecular weight is 244 g/mol. The van der Waals surface area contributed by atoms with Gasteiger partial charge in [-0.15, -0.1) is 0 Å². The number of rotatable bonds is 6. The second-order valence-corrected chi connectivity index (χ2v) is 4.52. The Morgan fingerprint density at radius 3 is 2.67 bits per heavy atom. The minimum absolute atomic E-state index is 0.211. The molecule has 2 heterocycles. The Bertz CT molecular complexity index is 439. The highest BCUT2D eigenvalue weighted by Crippen LogP contribution is 2.30. The summed E-state index contributed by atoms with van der Waals surface area (Å²) >= 11 is 0. The number of furan rings is 1. The summed E-state index contributed by atoms with van der Waals surface area (Å²) in [7, 11) is 0. The molecule has 0 aliphatic heterocycles. The zero-order chi connectivity index (χ0) is 12.8. The first-order chi connectivity index (χ1) is 8.83. The molecular weight excluding hydrogens is 224 g/mol. The summed E-state index contributed by atoms with van der Waals surface area (Å²) in [5.74, 6) is 1.35. The predicted octanol–water partition coefficient (Wildman–Crippen LogP) is 3.52. The largest absolute Gasteiger partial charge is 0.468 e. The maximum absolute atomic E-state index is 5.56. The van der Waals surface area contributed by atoms with Crippen LogP contribution in [0.5, 0.6) is 0 Å². The van der Waals surface area contributed by atoms with Crippen LogP contribution in [-0.2, 0) is 0 Å². The predicted molar refractivity (Wildman–Crippen MR) is 72.4 cm³/mol. The van der Waals surface area contributed by atoms with E-state index in [-0.39, 0.29) is 6.04 Å². The maximum Gasteiger partial charge on any atom is 0.121 e. The van der Waals surface area contributed by atoms with E-state index in [1.807, 2.05) is 24.5 Å². The lowest BCUT2D eigenvalue weighted by Gasteiger charge is -2.23. The molecule has 96 valence electrons. The summed E-state index contributed by atoms with van der Waals surface area (Å²) in [5, 5.41) is 3.56. The first kappa shape index (κ1) is 12.8. The van der Waals surface area contributed by atoms with Crippen molar-refractivity contribution >= 4 is 0 Å². The van der Waals surface area contributed by atoms with E-state index in [4.69, 9.17) is 4.42 Å². The second-order valence-electron chi connectivity index (χ2n) is 4.52. The summed E-state index contributed by atoms with van der Waals surface area (Å²) in [6, 6.07) is 8.31. The Labute approximate surface area is 108 Å². The highest BCUT2D eigenvalue weighted by Gasteiger charge is 2.22. The molecule has 1 N–H and O–H groups in total. The number of nitrogens with one attached hydrogen (secondary N) is 1. The molecular formula is C15H20N2O. The van der Waals surface area contributed by atoms with Gasteiger partial charge in [0.05, 0.1) is 12.3 Å². The Morgan fingerprint density at radius 1 is 1.28 bits per heavy atom. The van der Waals surface area contributed by atoms with Crippen LogP contribution in [0, 0.1) is 0 Å². The minimum Gasteiger partial charge on any atom is -0.468 e. The summed E-state index contributed by atoms with van der Waals surface area (Å²) in [6.07, 6.45) is 6.52. The first-order valence-electron chi connectivity index (χ1n) is 6.49. The van der Waals surface area contributed by atoms with Crippen molar-refractivity contribution in [1.82, 2.24) is 10.3 Å². The van der Waals surface area contributed by atoms with Gasteiger partial charge in [-0.2, -0.15) is 0 Å². The van der Waals surface area contributed by atoms with Crippen LogP contribution in [0.2, 0.25) is 0 Å². The van der Waals surface area contributed by atoms with Gasteiger partial charge in [0.25, 0.3) is 0 Å². The summed E-state index contributed by atoms with van der Waals surface area (Å²) in [4.78, 5) is 4.07. The number of hydrogen-bond donors (Lipinski definition) is 1. The van der Waals surface area contributed by atoms with Gasteiger partial charge >= 0.3 is 0 Å². The lowest BCUT2D eigenvalue weighted by atomic mass is 9.92. The third-order valence-electron chi connectivity index (χ3n) is 3.20. The maximum atomic E-state index is 5.56. The molecule has 0 bridgehead atoms. The third kappa shape index (κ3) is 2.99. The van der Waals surface area contributed by atoms with Crippen molar-refractivity contribution in [2.75, 3.05) is 6.54 Å². The molecule has 18 heavy (non-hydrogen) atoms. The van der Waals surface area contributed by atoms with Crippen molar-refractivity contribution < 1.29 is 4.42 Å². The molecule has 3 nitrogen and oxygen atoms in total. The molecule has 2 unspecified atom stereocenters. The van der Waals surface area contributed by atoms with Crippen LogP contribution in [0.3, 0.4) is 0 Å². The fraction of sp³-hybridized carbons (Fsp3) is 0.400. The zero-order valence-electron chi connectivity index (χ0n) is 11.0. The van der Waals surface area contributed by atoms with Gasteiger partial charge in [0.15, 0.2) is 0 Å². The molecule has 0 saturated heterocycles. The Morgan fingerprint density at radius 2 is 2.06 bits per heavy atom. The Hall–Kier alpha value is -1.61. The molecule has 0 saturated carbocycles. The summed E-state index contributed by atoms with van der Waals surface area (Å²) < 4.78 is 5.56. The molecule has 0 aliphatic rings. The van der Waals surface area contributed by atoms with Crippen LogP contribution in [0.4, 0.5) is 0 Å². The van der Waals surface area contributed by atoms with Crippen molar-refractivity contribution in [1.29, 1.82) is 0 Å². The minimum atomic E-state index is 0.211. The van der Waals surface area contributed by atoms with Gasteiger partial charge in [-0.3, -0.25) is 4.98 Å². The van der Waals surface area contributed by atoms with Crippen molar-refractivity contribution in [3.8, 4) is 0 Å². The Kier molecular flexibility index (Phi) is 4.53. The number of nitrogens with zero attached hydrogens (tertiary/aromatic N) is 1. The molecule has 2 rings (SSSR count). The molecule has 2 aromatic rings. The van der Waals surface area contributed by atoms with Crippen molar-refractivity contribution in [2.24, 2.45) is 0 Å². The van der Waals surface area contributed by atoms with E-state index in [0.717, 1.165) is 18.7 Å². The monoisotopic (exact) mass is 244 g/mol. The quantitative estimate of drug-likeness (QED) is 0.845. The number of hydrogen-bond acceptors (Lipinski definition) is 3. The van der Waals surface area contributed by atoms with E-state index >= 15 is 0 Å². The average Bonchev–Trinajstić information content (AvgIpc) is 2.94. The highest BCUT2D eigenvalue weighted by atomic mass is 16.3. The van der Waals surface area contributed by atoms with E-state index < -0.39 is 0 Å². The van der Waals surface area contributed by atoms with Gasteiger partial charge in [0.1, 0.15) is 5.76 Å². The third-order valence-corrected chi connectivity index (χ3v) is 3.20. The molecule has 2 atom stereocenters. The van der Waals surface area contributed by atoms with Gasteiger partial charge in [-0.25, -0.2) is 0 Å². The molecule has 0 fully saturated rings. The van der Waals surface area contributed by atoms with Crippen LogP contribution in [0.25, 0.3) is 0 Å². The van der Waals surface area contributed by atoms with E-state index in [9.17, 15) is 0 Å². The van der Waals surface area contributed by atoms with Crippen molar-refractivity contribution in [2.45, 2.75) is 32.2 Å².